The Kier molecular flexibility index (Phi) is 4.81. The fourth-order valence-corrected chi connectivity index (χ4v) is 4.83. The van der Waals surface area contributed by atoms with Crippen molar-refractivity contribution >= 4 is 16.8 Å². The Morgan fingerprint density at radius 2 is 1.81 bits per heavy atom. The van der Waals surface area contributed by atoms with Gasteiger partial charge in [0.05, 0.1) is 12.2 Å². The lowest BCUT2D eigenvalue weighted by molar-refractivity contribution is 0.0686. The van der Waals surface area contributed by atoms with Crippen molar-refractivity contribution in [2.75, 3.05) is 13.6 Å². The number of fused-ring (bicyclic) bond motifs is 2. The minimum atomic E-state index is -0.655. The fourth-order valence-electron chi connectivity index (χ4n) is 4.83. The van der Waals surface area contributed by atoms with Gasteiger partial charge in [-0.05, 0) is 24.1 Å². The standard InChI is InChI=1S/C25H24N4O3/c1-3-28-14-18(17-11-7-8-12-19(17)28)22(16-9-5-4-6-10-16)20-15-27(2)25(32)23-24(31)21(30)13-26-29(20)23/h4-14,20,22,31H,3,15H2,1-2H3. The zero-order valence-electron chi connectivity index (χ0n) is 18.0. The quantitative estimate of drug-likeness (QED) is 0.540. The molecule has 162 valence electrons. The first-order valence-electron chi connectivity index (χ1n) is 10.7. The van der Waals surface area contributed by atoms with Crippen LogP contribution in [0.25, 0.3) is 10.9 Å². The number of carbonyl (C=O) groups is 1. The number of nitrogens with zero attached hydrogens (tertiary/aromatic N) is 4. The van der Waals surface area contributed by atoms with E-state index in [1.54, 1.807) is 11.9 Å². The summed E-state index contributed by atoms with van der Waals surface area (Å²) in [6.45, 7) is 3.33. The van der Waals surface area contributed by atoms with Gasteiger partial charge in [0.15, 0.2) is 11.4 Å². The first-order valence-corrected chi connectivity index (χ1v) is 10.7. The van der Waals surface area contributed by atoms with Crippen LogP contribution in [0.2, 0.25) is 0 Å². The van der Waals surface area contributed by atoms with Gasteiger partial charge in [-0.2, -0.15) is 5.10 Å². The predicted octanol–water partition coefficient (Wildman–Crippen LogP) is 3.38. The second kappa shape index (κ2) is 7.67. The maximum absolute atomic E-state index is 12.9. The van der Waals surface area contributed by atoms with Crippen molar-refractivity contribution in [2.45, 2.75) is 25.4 Å². The van der Waals surface area contributed by atoms with Crippen LogP contribution in [0.1, 0.15) is 40.5 Å². The Hall–Kier alpha value is -3.87. The van der Waals surface area contributed by atoms with Crippen LogP contribution in [0.5, 0.6) is 5.75 Å². The SMILES string of the molecule is CCn1cc(C(c2ccccc2)C2CN(C)C(=O)c3c(O)c(=O)cnn32)c2ccccc21. The first kappa shape index (κ1) is 20.1. The smallest absolute Gasteiger partial charge is 0.275 e. The molecule has 5 rings (SSSR count). The minimum Gasteiger partial charge on any atom is -0.502 e. The van der Waals surface area contributed by atoms with Crippen LogP contribution in [0.4, 0.5) is 0 Å². The summed E-state index contributed by atoms with van der Waals surface area (Å²) in [4.78, 5) is 26.5. The molecule has 0 bridgehead atoms. The number of carbonyl (C=O) groups excluding carboxylic acids is 1. The number of aromatic hydroxyl groups is 1. The van der Waals surface area contributed by atoms with E-state index in [1.165, 1.54) is 4.68 Å². The highest BCUT2D eigenvalue weighted by Gasteiger charge is 2.39. The summed E-state index contributed by atoms with van der Waals surface area (Å²) in [6, 6.07) is 18.1. The van der Waals surface area contributed by atoms with Crippen LogP contribution >= 0.6 is 0 Å². The number of hydrogen-bond donors (Lipinski definition) is 1. The topological polar surface area (TPSA) is 80.4 Å². The van der Waals surface area contributed by atoms with E-state index in [0.29, 0.717) is 6.54 Å². The molecule has 7 heteroatoms. The van der Waals surface area contributed by atoms with E-state index in [9.17, 15) is 14.7 Å². The molecule has 2 aromatic carbocycles. The van der Waals surface area contributed by atoms with Crippen LogP contribution in [-0.4, -0.2) is 43.9 Å². The molecule has 2 aromatic heterocycles. The molecule has 0 fully saturated rings. The monoisotopic (exact) mass is 428 g/mol. The van der Waals surface area contributed by atoms with E-state index in [1.807, 2.05) is 30.3 Å². The van der Waals surface area contributed by atoms with E-state index in [0.717, 1.165) is 34.8 Å². The van der Waals surface area contributed by atoms with Gasteiger partial charge < -0.3 is 14.6 Å². The van der Waals surface area contributed by atoms with Gasteiger partial charge in [-0.15, -0.1) is 0 Å². The average Bonchev–Trinajstić information content (AvgIpc) is 3.18. The number of rotatable bonds is 4. The fraction of sp³-hybridized carbons (Fsp3) is 0.240. The summed E-state index contributed by atoms with van der Waals surface area (Å²) < 4.78 is 3.75. The Morgan fingerprint density at radius 1 is 1.09 bits per heavy atom. The van der Waals surface area contributed by atoms with E-state index in [2.05, 4.69) is 47.1 Å². The lowest BCUT2D eigenvalue weighted by atomic mass is 9.83. The first-order chi connectivity index (χ1) is 15.5. The Bertz CT molecular complexity index is 1370. The number of amides is 1. The molecule has 2 unspecified atom stereocenters. The summed E-state index contributed by atoms with van der Waals surface area (Å²) in [7, 11) is 1.69. The molecule has 4 aromatic rings. The van der Waals surface area contributed by atoms with Crippen LogP contribution in [0.15, 0.2) is 71.8 Å². The van der Waals surface area contributed by atoms with Crippen LogP contribution in [-0.2, 0) is 6.54 Å². The van der Waals surface area contributed by atoms with Crippen LogP contribution in [0, 0.1) is 0 Å². The molecule has 1 aliphatic heterocycles. The average molecular weight is 428 g/mol. The lowest BCUT2D eigenvalue weighted by Gasteiger charge is -2.37. The number of hydrogen-bond acceptors (Lipinski definition) is 4. The molecule has 3 heterocycles. The number of aryl methyl sites for hydroxylation is 1. The minimum absolute atomic E-state index is 0.0589. The maximum Gasteiger partial charge on any atom is 0.275 e. The highest BCUT2D eigenvalue weighted by Crippen LogP contribution is 2.42. The second-order valence-corrected chi connectivity index (χ2v) is 8.18. The molecular formula is C25H24N4O3. The molecule has 0 radical (unpaired) electrons. The zero-order chi connectivity index (χ0) is 22.4. The van der Waals surface area contributed by atoms with Crippen molar-refractivity contribution in [2.24, 2.45) is 0 Å². The molecule has 0 aliphatic carbocycles. The number of benzene rings is 2. The highest BCUT2D eigenvalue weighted by atomic mass is 16.3. The van der Waals surface area contributed by atoms with Gasteiger partial charge in [0.25, 0.3) is 5.91 Å². The molecule has 7 nitrogen and oxygen atoms in total. The van der Waals surface area contributed by atoms with Gasteiger partial charge in [0, 0.05) is 43.2 Å². The van der Waals surface area contributed by atoms with Gasteiger partial charge in [-0.1, -0.05) is 48.5 Å². The Labute approximate surface area is 185 Å². The number of aromatic nitrogens is 3. The summed E-state index contributed by atoms with van der Waals surface area (Å²) >= 11 is 0. The van der Waals surface area contributed by atoms with Crippen molar-refractivity contribution in [3.63, 3.8) is 0 Å². The largest absolute Gasteiger partial charge is 0.502 e. The normalized spacial score (nSPS) is 16.9. The van der Waals surface area contributed by atoms with Crippen molar-refractivity contribution in [3.8, 4) is 5.75 Å². The van der Waals surface area contributed by atoms with Crippen LogP contribution in [0.3, 0.4) is 0 Å². The van der Waals surface area contributed by atoms with Crippen LogP contribution < -0.4 is 5.43 Å². The molecular weight excluding hydrogens is 404 g/mol. The van der Waals surface area contributed by atoms with Crippen molar-refractivity contribution in [3.05, 3.63) is 94.0 Å². The molecule has 32 heavy (non-hydrogen) atoms. The predicted molar refractivity (Wildman–Crippen MR) is 122 cm³/mol. The molecule has 1 amide bonds. The van der Waals surface area contributed by atoms with E-state index >= 15 is 0 Å². The number of para-hydroxylation sites is 1. The van der Waals surface area contributed by atoms with Crippen molar-refractivity contribution in [1.29, 1.82) is 0 Å². The van der Waals surface area contributed by atoms with Gasteiger partial charge in [0.1, 0.15) is 0 Å². The third-order valence-corrected chi connectivity index (χ3v) is 6.35. The molecule has 1 aliphatic rings. The molecule has 0 saturated carbocycles. The molecule has 0 spiro atoms. The second-order valence-electron chi connectivity index (χ2n) is 8.18. The molecule has 0 saturated heterocycles. The number of likely N-dealkylation sites (N-methyl/N-ethyl adjacent to an activating group) is 1. The van der Waals surface area contributed by atoms with Gasteiger partial charge in [-0.3, -0.25) is 14.3 Å². The van der Waals surface area contributed by atoms with Gasteiger partial charge in [0.2, 0.25) is 5.43 Å². The Balaban J connectivity index is 1.80. The maximum atomic E-state index is 12.9. The molecule has 1 N–H and O–H groups in total. The van der Waals surface area contributed by atoms with E-state index in [-0.39, 0.29) is 17.7 Å². The third kappa shape index (κ3) is 3.00. The van der Waals surface area contributed by atoms with E-state index in [4.69, 9.17) is 0 Å². The van der Waals surface area contributed by atoms with Crippen molar-refractivity contribution < 1.29 is 9.90 Å². The lowest BCUT2D eigenvalue weighted by Crippen LogP contribution is -2.45. The highest BCUT2D eigenvalue weighted by molar-refractivity contribution is 5.95. The van der Waals surface area contributed by atoms with Gasteiger partial charge in [-0.25, -0.2) is 0 Å². The van der Waals surface area contributed by atoms with E-state index < -0.39 is 17.1 Å². The third-order valence-electron chi connectivity index (χ3n) is 6.35. The summed E-state index contributed by atoms with van der Waals surface area (Å²) in [5, 5.41) is 15.9. The van der Waals surface area contributed by atoms with Gasteiger partial charge >= 0.3 is 0 Å². The summed E-state index contributed by atoms with van der Waals surface area (Å²) in [6.07, 6.45) is 3.25. The zero-order valence-corrected chi connectivity index (χ0v) is 18.0. The summed E-state index contributed by atoms with van der Waals surface area (Å²) in [5.74, 6) is -1.12. The molecule has 2 atom stereocenters. The summed E-state index contributed by atoms with van der Waals surface area (Å²) in [5.41, 5.74) is 2.62. The Morgan fingerprint density at radius 3 is 2.56 bits per heavy atom. The van der Waals surface area contributed by atoms with Crippen molar-refractivity contribution in [1.82, 2.24) is 19.2 Å².